The summed E-state index contributed by atoms with van der Waals surface area (Å²) in [6.45, 7) is 5.87. The number of imide groups is 1. The zero-order valence-electron chi connectivity index (χ0n) is 24.6. The van der Waals surface area contributed by atoms with E-state index in [9.17, 15) is 24.1 Å². The molecule has 1 heterocycles. The van der Waals surface area contributed by atoms with Gasteiger partial charge in [0.2, 0.25) is 7.37 Å². The standard InChI is InChI=1S/C31H48NO7P/c1-24(2)30(34)38-18-12-19-39-40(37,20-11-10-15-26-13-6-4-7-14-26)23-29(33)32(31(35)36)22-28(21-25(32)3)27-16-8-5-9-17-27/h4,6-7,13-14,24-25,27-28H,5,8-12,15-23H2,1-3H3/p+1/t25-,28-,32+,40?/m1/s1. The van der Waals surface area contributed by atoms with E-state index < -0.39 is 23.9 Å². The first-order valence-corrected chi connectivity index (χ1v) is 17.1. The number of nitrogens with zero attached hydrogens (tertiary/aromatic N) is 1. The van der Waals surface area contributed by atoms with Gasteiger partial charge in [-0.2, -0.15) is 9.28 Å². The molecule has 1 aromatic rings. The van der Waals surface area contributed by atoms with Gasteiger partial charge in [0, 0.05) is 24.9 Å². The van der Waals surface area contributed by atoms with Crippen LogP contribution in [0.15, 0.2) is 30.3 Å². The van der Waals surface area contributed by atoms with E-state index in [1.807, 2.05) is 25.1 Å². The number of quaternary nitrogens is 1. The summed E-state index contributed by atoms with van der Waals surface area (Å²) < 4.78 is 24.6. The summed E-state index contributed by atoms with van der Waals surface area (Å²) >= 11 is 0. The molecule has 224 valence electrons. The number of ether oxygens (including phenoxy) is 1. The molecule has 0 radical (unpaired) electrons. The Kier molecular flexibility index (Phi) is 12.4. The highest BCUT2D eigenvalue weighted by atomic mass is 31.2. The summed E-state index contributed by atoms with van der Waals surface area (Å²) in [4.78, 5) is 38.3. The molecule has 1 aromatic carbocycles. The molecule has 9 heteroatoms. The second-order valence-corrected chi connectivity index (χ2v) is 14.8. The SMILES string of the molecule is CC(C)C(=O)OCCCOP(=O)(CCCCc1ccccc1)CC(=O)[N@+]1(C(=O)O)C[C@H](C2CCCCC2)C[C@H]1C. The average molecular weight is 579 g/mol. The molecule has 2 aliphatic rings. The molecule has 1 saturated heterocycles. The van der Waals surface area contributed by atoms with E-state index >= 15 is 0 Å². The smallest absolute Gasteiger partial charge is 0.465 e. The van der Waals surface area contributed by atoms with E-state index in [2.05, 4.69) is 12.1 Å². The van der Waals surface area contributed by atoms with Gasteiger partial charge in [0.25, 0.3) is 0 Å². The van der Waals surface area contributed by atoms with Gasteiger partial charge >= 0.3 is 18.0 Å². The van der Waals surface area contributed by atoms with Crippen molar-refractivity contribution in [2.45, 2.75) is 91.0 Å². The number of carbonyl (C=O) groups excluding carboxylic acids is 2. The number of benzene rings is 1. The number of aryl methyl sites for hydroxylation is 1. The predicted octanol–water partition coefficient (Wildman–Crippen LogP) is 6.90. The Morgan fingerprint density at radius 1 is 1.00 bits per heavy atom. The summed E-state index contributed by atoms with van der Waals surface area (Å²) in [6, 6.07) is 9.68. The van der Waals surface area contributed by atoms with Crippen molar-refractivity contribution < 1.29 is 37.8 Å². The van der Waals surface area contributed by atoms with Crippen LogP contribution in [0, 0.1) is 17.8 Å². The Hall–Kier alpha value is -2.02. The van der Waals surface area contributed by atoms with Crippen molar-refractivity contribution in [3.63, 3.8) is 0 Å². The van der Waals surface area contributed by atoms with Crippen molar-refractivity contribution in [3.05, 3.63) is 35.9 Å². The van der Waals surface area contributed by atoms with Crippen LogP contribution in [0.4, 0.5) is 4.79 Å². The maximum absolute atomic E-state index is 14.1. The van der Waals surface area contributed by atoms with Crippen molar-refractivity contribution in [2.75, 3.05) is 32.1 Å². The Morgan fingerprint density at radius 2 is 1.70 bits per heavy atom. The van der Waals surface area contributed by atoms with Crippen LogP contribution in [0.3, 0.4) is 0 Å². The quantitative estimate of drug-likeness (QED) is 0.111. The minimum Gasteiger partial charge on any atom is -0.465 e. The third kappa shape index (κ3) is 8.74. The minimum absolute atomic E-state index is 0.0853. The molecule has 1 saturated carbocycles. The van der Waals surface area contributed by atoms with Crippen LogP contribution in [0.2, 0.25) is 0 Å². The molecule has 3 rings (SSSR count). The molecular formula is C31H49NO7P+. The van der Waals surface area contributed by atoms with Gasteiger partial charge < -0.3 is 14.4 Å². The lowest BCUT2D eigenvalue weighted by Crippen LogP contribution is -2.60. The second kappa shape index (κ2) is 15.3. The van der Waals surface area contributed by atoms with E-state index in [1.54, 1.807) is 13.8 Å². The number of unbranched alkanes of at least 4 members (excludes halogenated alkanes) is 1. The second-order valence-electron chi connectivity index (χ2n) is 12.1. The van der Waals surface area contributed by atoms with Crippen LogP contribution in [0.25, 0.3) is 0 Å². The summed E-state index contributed by atoms with van der Waals surface area (Å²) in [5.41, 5.74) is 1.19. The third-order valence-corrected chi connectivity index (χ3v) is 11.2. The molecule has 2 amide bonds. The summed E-state index contributed by atoms with van der Waals surface area (Å²) in [6.07, 6.45) is 7.71. The number of rotatable bonds is 14. The highest BCUT2D eigenvalue weighted by molar-refractivity contribution is 7.59. The first-order chi connectivity index (χ1) is 19.1. The lowest BCUT2D eigenvalue weighted by Gasteiger charge is -2.32. The molecule has 0 spiro atoms. The maximum atomic E-state index is 14.1. The number of carboxylic acid groups (broad SMARTS) is 1. The number of hydrogen-bond donors (Lipinski definition) is 1. The third-order valence-electron chi connectivity index (χ3n) is 8.79. The Labute approximate surface area is 239 Å². The normalized spacial score (nSPS) is 25.0. The summed E-state index contributed by atoms with van der Waals surface area (Å²) in [5, 5.41) is 10.4. The first-order valence-electron chi connectivity index (χ1n) is 15.1. The molecule has 40 heavy (non-hydrogen) atoms. The van der Waals surface area contributed by atoms with Crippen LogP contribution < -0.4 is 0 Å². The molecule has 0 aromatic heterocycles. The molecule has 1 aliphatic carbocycles. The zero-order chi connectivity index (χ0) is 29.2. The molecular weight excluding hydrogens is 529 g/mol. The van der Waals surface area contributed by atoms with Gasteiger partial charge in [-0.05, 0) is 50.5 Å². The van der Waals surface area contributed by atoms with Gasteiger partial charge in [0.15, 0.2) is 0 Å². The number of carbonyl (C=O) groups is 3. The van der Waals surface area contributed by atoms with Gasteiger partial charge in [-0.3, -0.25) is 9.36 Å². The van der Waals surface area contributed by atoms with Gasteiger partial charge in [-0.15, -0.1) is 0 Å². The summed E-state index contributed by atoms with van der Waals surface area (Å²) in [7, 11) is -3.46. The van der Waals surface area contributed by atoms with Crippen LogP contribution in [-0.2, 0) is 29.8 Å². The maximum Gasteiger partial charge on any atom is 0.521 e. The van der Waals surface area contributed by atoms with Crippen molar-refractivity contribution >= 4 is 25.3 Å². The topological polar surface area (TPSA) is 107 Å². The van der Waals surface area contributed by atoms with E-state index in [0.29, 0.717) is 25.2 Å². The van der Waals surface area contributed by atoms with E-state index in [0.717, 1.165) is 38.5 Å². The van der Waals surface area contributed by atoms with Crippen LogP contribution in [0.1, 0.15) is 84.1 Å². The molecule has 2 fully saturated rings. The van der Waals surface area contributed by atoms with Gasteiger partial charge in [0.05, 0.1) is 25.7 Å². The first kappa shape index (κ1) is 32.5. The van der Waals surface area contributed by atoms with E-state index in [1.165, 1.54) is 12.0 Å². The highest BCUT2D eigenvalue weighted by Crippen LogP contribution is 2.50. The Morgan fingerprint density at radius 3 is 2.35 bits per heavy atom. The largest absolute Gasteiger partial charge is 0.521 e. The number of likely N-dealkylation sites (tertiary alicyclic amines) is 1. The fourth-order valence-electron chi connectivity index (χ4n) is 6.39. The molecule has 8 nitrogen and oxygen atoms in total. The lowest BCUT2D eigenvalue weighted by atomic mass is 9.79. The average Bonchev–Trinajstić information content (AvgIpc) is 3.30. The van der Waals surface area contributed by atoms with Crippen molar-refractivity contribution in [2.24, 2.45) is 17.8 Å². The monoisotopic (exact) mass is 578 g/mol. The van der Waals surface area contributed by atoms with Crippen LogP contribution in [0.5, 0.6) is 0 Å². The van der Waals surface area contributed by atoms with Gasteiger partial charge in [0.1, 0.15) is 12.2 Å². The molecule has 1 N–H and O–H groups in total. The molecule has 0 bridgehead atoms. The van der Waals surface area contributed by atoms with Gasteiger partial charge in [-0.1, -0.05) is 63.4 Å². The molecule has 4 atom stereocenters. The fraction of sp³-hybridized carbons (Fsp3) is 0.710. The highest BCUT2D eigenvalue weighted by Gasteiger charge is 2.58. The Balaban J connectivity index is 1.67. The van der Waals surface area contributed by atoms with Crippen molar-refractivity contribution in [3.8, 4) is 0 Å². The van der Waals surface area contributed by atoms with E-state index in [4.69, 9.17) is 9.26 Å². The van der Waals surface area contributed by atoms with Crippen LogP contribution in [-0.4, -0.2) is 65.7 Å². The lowest BCUT2D eigenvalue weighted by molar-refractivity contribution is -0.793. The van der Waals surface area contributed by atoms with Crippen LogP contribution >= 0.6 is 7.37 Å². The van der Waals surface area contributed by atoms with Gasteiger partial charge in [-0.25, -0.2) is 4.79 Å². The summed E-state index contributed by atoms with van der Waals surface area (Å²) in [5.74, 6) is -0.390. The van der Waals surface area contributed by atoms with Crippen molar-refractivity contribution in [1.29, 1.82) is 0 Å². The zero-order valence-corrected chi connectivity index (χ0v) is 25.5. The van der Waals surface area contributed by atoms with E-state index in [-0.39, 0.29) is 55.9 Å². The number of hydrogen-bond acceptors (Lipinski definition) is 6. The molecule has 1 unspecified atom stereocenters. The minimum atomic E-state index is -3.46. The number of esters is 1. The predicted molar refractivity (Wildman–Crippen MR) is 155 cm³/mol. The van der Waals surface area contributed by atoms with Crippen molar-refractivity contribution in [1.82, 2.24) is 0 Å². The fourth-order valence-corrected chi connectivity index (χ4v) is 8.60. The molecule has 1 aliphatic heterocycles. The number of amides is 2. The Bertz CT molecular complexity index is 1020.